The fourth-order valence-electron chi connectivity index (χ4n) is 3.48. The van der Waals surface area contributed by atoms with Crippen LogP contribution in [0.15, 0.2) is 76.8 Å². The Morgan fingerprint density at radius 3 is 2.81 bits per heavy atom. The van der Waals surface area contributed by atoms with Gasteiger partial charge in [-0.25, -0.2) is 9.98 Å². The molecule has 2 aromatic carbocycles. The van der Waals surface area contributed by atoms with E-state index in [-0.39, 0.29) is 12.1 Å². The van der Waals surface area contributed by atoms with Crippen molar-refractivity contribution in [1.82, 2.24) is 5.32 Å². The van der Waals surface area contributed by atoms with Gasteiger partial charge in [-0.1, -0.05) is 54.6 Å². The van der Waals surface area contributed by atoms with Gasteiger partial charge in [-0.05, 0) is 35.7 Å². The van der Waals surface area contributed by atoms with Crippen LogP contribution >= 0.6 is 22.9 Å². The summed E-state index contributed by atoms with van der Waals surface area (Å²) in [5.74, 6) is 1.10. The van der Waals surface area contributed by atoms with Gasteiger partial charge in [0, 0.05) is 26.1 Å². The van der Waals surface area contributed by atoms with Gasteiger partial charge in [0.15, 0.2) is 0 Å². The number of rotatable bonds is 2. The molecule has 0 saturated heterocycles. The number of nitrogens with zero attached hydrogens (tertiary/aromatic N) is 2. The molecule has 26 heavy (non-hydrogen) atoms. The lowest BCUT2D eigenvalue weighted by molar-refractivity contribution is 0.645. The Morgan fingerprint density at radius 1 is 1.04 bits per heavy atom. The summed E-state index contributed by atoms with van der Waals surface area (Å²) in [6.07, 6.45) is 9.12. The molecular weight excluding hydrogens is 362 g/mol. The van der Waals surface area contributed by atoms with E-state index < -0.39 is 0 Å². The Labute approximate surface area is 160 Å². The van der Waals surface area contributed by atoms with E-state index in [9.17, 15) is 0 Å². The number of benzene rings is 2. The van der Waals surface area contributed by atoms with Crippen LogP contribution in [0.5, 0.6) is 0 Å². The van der Waals surface area contributed by atoms with E-state index in [1.165, 1.54) is 20.2 Å². The van der Waals surface area contributed by atoms with Crippen LogP contribution < -0.4 is 5.32 Å². The first-order valence-corrected chi connectivity index (χ1v) is 9.80. The number of hydrogen-bond acceptors (Lipinski definition) is 4. The third kappa shape index (κ3) is 2.75. The van der Waals surface area contributed by atoms with Crippen molar-refractivity contribution in [3.05, 3.63) is 72.3 Å². The second-order valence-electron chi connectivity index (χ2n) is 6.45. The molecule has 0 fully saturated rings. The topological polar surface area (TPSA) is 36.8 Å². The summed E-state index contributed by atoms with van der Waals surface area (Å²) in [4.78, 5) is 8.92. The van der Waals surface area contributed by atoms with Crippen LogP contribution in [0.3, 0.4) is 0 Å². The number of aliphatic imine (C=N–C) groups is 2. The van der Waals surface area contributed by atoms with Crippen LogP contribution in [0.2, 0.25) is 0 Å². The van der Waals surface area contributed by atoms with Crippen LogP contribution in [0, 0.1) is 5.92 Å². The zero-order valence-electron chi connectivity index (χ0n) is 13.9. The van der Waals surface area contributed by atoms with Crippen LogP contribution in [0.4, 0.5) is 0 Å². The molecule has 128 valence electrons. The average molecular weight is 378 g/mol. The van der Waals surface area contributed by atoms with Gasteiger partial charge in [0.2, 0.25) is 5.29 Å². The summed E-state index contributed by atoms with van der Waals surface area (Å²) in [7, 11) is 0. The lowest BCUT2D eigenvalue weighted by Gasteiger charge is -2.25. The molecular formula is C21H16ClN3S. The molecule has 0 spiro atoms. The summed E-state index contributed by atoms with van der Waals surface area (Å²) in [6, 6.07) is 15.0. The number of fused-ring (bicyclic) bond motifs is 3. The zero-order valence-corrected chi connectivity index (χ0v) is 15.5. The molecule has 1 aliphatic carbocycles. The minimum Gasteiger partial charge on any atom is -0.348 e. The summed E-state index contributed by atoms with van der Waals surface area (Å²) < 4.78 is 2.57. The Kier molecular flexibility index (Phi) is 3.88. The molecule has 1 N–H and O–H groups in total. The van der Waals surface area contributed by atoms with Gasteiger partial charge >= 0.3 is 0 Å². The molecule has 5 rings (SSSR count). The molecule has 1 aliphatic heterocycles. The van der Waals surface area contributed by atoms with E-state index in [4.69, 9.17) is 11.6 Å². The third-order valence-corrected chi connectivity index (χ3v) is 6.10. The van der Waals surface area contributed by atoms with E-state index in [0.29, 0.717) is 5.29 Å². The number of hydrogen-bond donors (Lipinski definition) is 1. The molecule has 2 atom stereocenters. The Morgan fingerprint density at radius 2 is 1.92 bits per heavy atom. The molecule has 2 unspecified atom stereocenters. The number of thiophene rings is 1. The van der Waals surface area contributed by atoms with Crippen molar-refractivity contribution >= 4 is 54.2 Å². The lowest BCUT2D eigenvalue weighted by Crippen LogP contribution is -2.36. The first-order valence-electron chi connectivity index (χ1n) is 8.61. The van der Waals surface area contributed by atoms with Crippen LogP contribution in [-0.2, 0) is 0 Å². The van der Waals surface area contributed by atoms with Gasteiger partial charge in [-0.3, -0.25) is 0 Å². The minimum atomic E-state index is -0.205. The van der Waals surface area contributed by atoms with Gasteiger partial charge in [0.25, 0.3) is 0 Å². The van der Waals surface area contributed by atoms with Crippen LogP contribution in [0.1, 0.15) is 18.2 Å². The molecule has 5 heteroatoms. The Balaban J connectivity index is 1.51. The standard InChI is InChI=1S/C21H16ClN3S/c22-21-24-19(13-6-2-1-3-7-13)23-20(25-21)14-10-11-16-15-8-4-5-9-17(15)26-18(16)12-14/h1-6,8-13,20H,7H2,(H,23,24,25). The second kappa shape index (κ2) is 6.38. The van der Waals surface area contributed by atoms with Gasteiger partial charge in [0.05, 0.1) is 0 Å². The lowest BCUT2D eigenvalue weighted by atomic mass is 9.98. The van der Waals surface area contributed by atoms with E-state index in [0.717, 1.165) is 17.8 Å². The minimum absolute atomic E-state index is 0.205. The summed E-state index contributed by atoms with van der Waals surface area (Å²) in [6.45, 7) is 0. The molecule has 0 saturated carbocycles. The maximum Gasteiger partial charge on any atom is 0.221 e. The molecule has 3 aromatic rings. The SMILES string of the molecule is ClC1=NC(c2ccc3c(c2)sc2ccccc23)NC(C2C=CC=CC2)=N1. The smallest absolute Gasteiger partial charge is 0.221 e. The van der Waals surface area contributed by atoms with Gasteiger partial charge in [-0.2, -0.15) is 0 Å². The molecule has 0 radical (unpaired) electrons. The molecule has 0 bridgehead atoms. The van der Waals surface area contributed by atoms with Crippen molar-refractivity contribution in [2.24, 2.45) is 15.9 Å². The van der Waals surface area contributed by atoms with Crippen molar-refractivity contribution in [1.29, 1.82) is 0 Å². The van der Waals surface area contributed by atoms with Crippen LogP contribution in [0.25, 0.3) is 20.2 Å². The fraction of sp³-hybridized carbons (Fsp3) is 0.143. The summed E-state index contributed by atoms with van der Waals surface area (Å²) in [5, 5.41) is 6.37. The average Bonchev–Trinajstić information content (AvgIpc) is 3.06. The van der Waals surface area contributed by atoms with E-state index in [2.05, 4.69) is 82.1 Å². The van der Waals surface area contributed by atoms with Crippen LogP contribution in [-0.4, -0.2) is 11.1 Å². The maximum absolute atomic E-state index is 6.24. The molecule has 2 aliphatic rings. The Hall–Kier alpha value is -2.43. The Bertz CT molecular complexity index is 1120. The van der Waals surface area contributed by atoms with Gasteiger partial charge < -0.3 is 5.32 Å². The molecule has 1 aromatic heterocycles. The fourth-order valence-corrected chi connectivity index (χ4v) is 4.83. The molecule has 2 heterocycles. The number of amidine groups is 2. The monoisotopic (exact) mass is 377 g/mol. The highest BCUT2D eigenvalue weighted by molar-refractivity contribution is 7.25. The summed E-state index contributed by atoms with van der Waals surface area (Å²) in [5.41, 5.74) is 1.10. The predicted molar refractivity (Wildman–Crippen MR) is 112 cm³/mol. The number of halogens is 1. The molecule has 0 amide bonds. The van der Waals surface area contributed by atoms with Crippen molar-refractivity contribution in [2.45, 2.75) is 12.6 Å². The van der Waals surface area contributed by atoms with E-state index in [1.807, 2.05) is 11.3 Å². The van der Waals surface area contributed by atoms with Crippen molar-refractivity contribution in [2.75, 3.05) is 0 Å². The number of nitrogens with one attached hydrogen (secondary N) is 1. The largest absolute Gasteiger partial charge is 0.348 e. The van der Waals surface area contributed by atoms with E-state index >= 15 is 0 Å². The first kappa shape index (κ1) is 15.8. The zero-order chi connectivity index (χ0) is 17.5. The van der Waals surface area contributed by atoms with Gasteiger partial charge in [-0.15, -0.1) is 11.3 Å². The quantitative estimate of drug-likeness (QED) is 0.564. The van der Waals surface area contributed by atoms with E-state index in [1.54, 1.807) is 0 Å². The second-order valence-corrected chi connectivity index (χ2v) is 7.87. The predicted octanol–water partition coefficient (Wildman–Crippen LogP) is 5.78. The van der Waals surface area contributed by atoms with Crippen molar-refractivity contribution < 1.29 is 0 Å². The normalized spacial score (nSPS) is 22.3. The summed E-state index contributed by atoms with van der Waals surface area (Å²) >= 11 is 8.05. The van der Waals surface area contributed by atoms with Crippen molar-refractivity contribution in [3.63, 3.8) is 0 Å². The van der Waals surface area contributed by atoms with Gasteiger partial charge in [0.1, 0.15) is 12.0 Å². The third-order valence-electron chi connectivity index (χ3n) is 4.78. The molecule has 3 nitrogen and oxygen atoms in total. The highest BCUT2D eigenvalue weighted by atomic mass is 35.5. The highest BCUT2D eigenvalue weighted by Gasteiger charge is 2.23. The van der Waals surface area contributed by atoms with Crippen molar-refractivity contribution in [3.8, 4) is 0 Å². The first-order chi connectivity index (χ1) is 12.8. The highest BCUT2D eigenvalue weighted by Crippen LogP contribution is 2.35. The maximum atomic E-state index is 6.24. The number of allylic oxidation sites excluding steroid dienone is 3.